The van der Waals surface area contributed by atoms with Crippen LogP contribution < -0.4 is 5.32 Å². The van der Waals surface area contributed by atoms with Gasteiger partial charge in [-0.15, -0.1) is 0 Å². The maximum absolute atomic E-state index is 12.6. The van der Waals surface area contributed by atoms with Gasteiger partial charge in [0.05, 0.1) is 4.90 Å². The summed E-state index contributed by atoms with van der Waals surface area (Å²) in [5, 5.41) is 3.14. The van der Waals surface area contributed by atoms with E-state index in [9.17, 15) is 8.42 Å². The lowest BCUT2D eigenvalue weighted by atomic mass is 10.0. The standard InChI is InChI=1S/C15H26N2O2S/c1-7-15(3,4)17(6)20(18,19)14-10-8-13(9-11-14)12(2)16-5/h8-12,16H,7H2,1-6H3. The lowest BCUT2D eigenvalue weighted by Crippen LogP contribution is -2.44. The highest BCUT2D eigenvalue weighted by Crippen LogP contribution is 2.26. The van der Waals surface area contributed by atoms with Gasteiger partial charge >= 0.3 is 0 Å². The Hall–Kier alpha value is -0.910. The van der Waals surface area contributed by atoms with Crippen molar-refractivity contribution in [1.29, 1.82) is 0 Å². The zero-order valence-electron chi connectivity index (χ0n) is 13.3. The van der Waals surface area contributed by atoms with E-state index in [4.69, 9.17) is 0 Å². The van der Waals surface area contributed by atoms with Crippen LogP contribution in [0.3, 0.4) is 0 Å². The van der Waals surface area contributed by atoms with Crippen molar-refractivity contribution in [1.82, 2.24) is 9.62 Å². The Kier molecular flexibility index (Phi) is 5.35. The number of benzene rings is 1. The average Bonchev–Trinajstić information content (AvgIpc) is 2.45. The molecule has 1 unspecified atom stereocenters. The normalized spacial score (nSPS) is 14.6. The Morgan fingerprint density at radius 2 is 1.75 bits per heavy atom. The number of nitrogens with zero attached hydrogens (tertiary/aromatic N) is 1. The van der Waals surface area contributed by atoms with E-state index in [0.717, 1.165) is 12.0 Å². The molecule has 20 heavy (non-hydrogen) atoms. The molecular weight excluding hydrogens is 272 g/mol. The highest BCUT2D eigenvalue weighted by molar-refractivity contribution is 7.89. The van der Waals surface area contributed by atoms with Crippen LogP contribution >= 0.6 is 0 Å². The van der Waals surface area contributed by atoms with Gasteiger partial charge in [0, 0.05) is 18.6 Å². The molecule has 1 aromatic carbocycles. The molecule has 0 aromatic heterocycles. The third-order valence-electron chi connectivity index (χ3n) is 4.19. The molecule has 1 atom stereocenters. The van der Waals surface area contributed by atoms with Gasteiger partial charge in [-0.2, -0.15) is 4.31 Å². The molecule has 1 N–H and O–H groups in total. The molecule has 5 heteroatoms. The van der Waals surface area contributed by atoms with Crippen molar-refractivity contribution in [3.8, 4) is 0 Å². The van der Waals surface area contributed by atoms with Gasteiger partial charge in [0.15, 0.2) is 0 Å². The van der Waals surface area contributed by atoms with Crippen LogP contribution in [0.15, 0.2) is 29.2 Å². The summed E-state index contributed by atoms with van der Waals surface area (Å²) in [6.45, 7) is 7.89. The molecule has 0 spiro atoms. The molecule has 0 radical (unpaired) electrons. The Labute approximate surface area is 123 Å². The molecule has 0 fully saturated rings. The second-order valence-corrected chi connectivity index (χ2v) is 7.69. The summed E-state index contributed by atoms with van der Waals surface area (Å²) in [5.74, 6) is 0. The number of rotatable bonds is 6. The highest BCUT2D eigenvalue weighted by atomic mass is 32.2. The van der Waals surface area contributed by atoms with E-state index in [1.807, 2.05) is 46.9 Å². The van der Waals surface area contributed by atoms with Gasteiger partial charge in [-0.1, -0.05) is 19.1 Å². The number of nitrogens with one attached hydrogen (secondary N) is 1. The summed E-state index contributed by atoms with van der Waals surface area (Å²) in [5.41, 5.74) is 0.680. The number of hydrogen-bond donors (Lipinski definition) is 1. The fourth-order valence-electron chi connectivity index (χ4n) is 1.80. The van der Waals surface area contributed by atoms with E-state index in [0.29, 0.717) is 4.90 Å². The van der Waals surface area contributed by atoms with Gasteiger partial charge in [0.2, 0.25) is 10.0 Å². The monoisotopic (exact) mass is 298 g/mol. The fraction of sp³-hybridized carbons (Fsp3) is 0.600. The molecule has 0 saturated heterocycles. The molecule has 0 amide bonds. The first-order chi connectivity index (χ1) is 9.16. The second kappa shape index (κ2) is 6.24. The first kappa shape index (κ1) is 17.1. The van der Waals surface area contributed by atoms with E-state index < -0.39 is 15.6 Å². The van der Waals surface area contributed by atoms with Gasteiger partial charge in [0.1, 0.15) is 0 Å². The molecular formula is C15H26N2O2S. The van der Waals surface area contributed by atoms with Crippen LogP contribution in [0.1, 0.15) is 45.7 Å². The Balaban J connectivity index is 3.11. The van der Waals surface area contributed by atoms with Gasteiger partial charge < -0.3 is 5.32 Å². The summed E-state index contributed by atoms with van der Waals surface area (Å²) < 4.78 is 26.7. The second-order valence-electron chi connectivity index (χ2n) is 5.72. The topological polar surface area (TPSA) is 49.4 Å². The summed E-state index contributed by atoms with van der Waals surface area (Å²) in [4.78, 5) is 0.341. The third-order valence-corrected chi connectivity index (χ3v) is 6.27. The molecule has 1 rings (SSSR count). The smallest absolute Gasteiger partial charge is 0.243 e. The zero-order chi connectivity index (χ0) is 15.6. The number of sulfonamides is 1. The lowest BCUT2D eigenvalue weighted by molar-refractivity contribution is 0.257. The van der Waals surface area contributed by atoms with Crippen molar-refractivity contribution < 1.29 is 8.42 Å². The Bertz CT molecular complexity index is 535. The van der Waals surface area contributed by atoms with Crippen molar-refractivity contribution >= 4 is 10.0 Å². The first-order valence-corrected chi connectivity index (χ1v) is 8.37. The van der Waals surface area contributed by atoms with Crippen LogP contribution in [-0.2, 0) is 10.0 Å². The largest absolute Gasteiger partial charge is 0.313 e. The maximum Gasteiger partial charge on any atom is 0.243 e. The summed E-state index contributed by atoms with van der Waals surface area (Å²) in [7, 11) is 0.0786. The van der Waals surface area contributed by atoms with Crippen molar-refractivity contribution in [3.63, 3.8) is 0 Å². The van der Waals surface area contributed by atoms with Crippen LogP contribution in [0.25, 0.3) is 0 Å². The van der Waals surface area contributed by atoms with Crippen LogP contribution in [0, 0.1) is 0 Å². The molecule has 0 aliphatic rings. The molecule has 1 aromatic rings. The summed E-state index contributed by atoms with van der Waals surface area (Å²) in [6, 6.07) is 7.29. The van der Waals surface area contributed by atoms with Crippen LogP contribution in [0.4, 0.5) is 0 Å². The van der Waals surface area contributed by atoms with Crippen molar-refractivity contribution in [2.75, 3.05) is 14.1 Å². The van der Waals surface area contributed by atoms with Gasteiger partial charge in [-0.3, -0.25) is 0 Å². The SMILES string of the molecule is CCC(C)(C)N(C)S(=O)(=O)c1ccc(C(C)NC)cc1. The quantitative estimate of drug-likeness (QED) is 0.878. The van der Waals surface area contributed by atoms with E-state index in [1.165, 1.54) is 4.31 Å². The maximum atomic E-state index is 12.6. The van der Waals surface area contributed by atoms with Crippen molar-refractivity contribution in [2.24, 2.45) is 0 Å². The van der Waals surface area contributed by atoms with Gasteiger partial charge in [-0.25, -0.2) is 8.42 Å². The van der Waals surface area contributed by atoms with Gasteiger partial charge in [-0.05, 0) is 51.9 Å². The minimum atomic E-state index is -3.45. The minimum Gasteiger partial charge on any atom is -0.313 e. The van der Waals surface area contributed by atoms with E-state index in [-0.39, 0.29) is 6.04 Å². The van der Waals surface area contributed by atoms with Crippen LogP contribution in [0.5, 0.6) is 0 Å². The summed E-state index contributed by atoms with van der Waals surface area (Å²) >= 11 is 0. The third kappa shape index (κ3) is 3.40. The fourth-order valence-corrected chi connectivity index (χ4v) is 3.38. The van der Waals surface area contributed by atoms with Crippen LogP contribution in [-0.4, -0.2) is 32.4 Å². The molecule has 0 bridgehead atoms. The first-order valence-electron chi connectivity index (χ1n) is 6.93. The molecule has 0 heterocycles. The minimum absolute atomic E-state index is 0.205. The van der Waals surface area contributed by atoms with Crippen molar-refractivity contribution in [2.45, 2.75) is 50.6 Å². The predicted molar refractivity (Wildman–Crippen MR) is 83.2 cm³/mol. The zero-order valence-corrected chi connectivity index (χ0v) is 14.1. The van der Waals surface area contributed by atoms with Crippen LogP contribution in [0.2, 0.25) is 0 Å². The van der Waals surface area contributed by atoms with E-state index in [1.54, 1.807) is 19.2 Å². The molecule has 0 aliphatic carbocycles. The summed E-state index contributed by atoms with van der Waals surface area (Å²) in [6.07, 6.45) is 0.762. The van der Waals surface area contributed by atoms with E-state index >= 15 is 0 Å². The average molecular weight is 298 g/mol. The molecule has 4 nitrogen and oxygen atoms in total. The molecule has 114 valence electrons. The Morgan fingerprint density at radius 3 is 2.15 bits per heavy atom. The molecule has 0 saturated carbocycles. The predicted octanol–water partition coefficient (Wildman–Crippen LogP) is 2.78. The van der Waals surface area contributed by atoms with Crippen molar-refractivity contribution in [3.05, 3.63) is 29.8 Å². The van der Waals surface area contributed by atoms with E-state index in [2.05, 4.69) is 5.32 Å². The Morgan fingerprint density at radius 1 is 1.25 bits per heavy atom. The lowest BCUT2D eigenvalue weighted by Gasteiger charge is -2.33. The number of hydrogen-bond acceptors (Lipinski definition) is 3. The van der Waals surface area contributed by atoms with Gasteiger partial charge in [0.25, 0.3) is 0 Å². The highest BCUT2D eigenvalue weighted by Gasteiger charge is 2.32. The molecule has 0 aliphatic heterocycles.